The number of unbranched alkanes of at least 4 members (excludes halogenated alkanes) is 5. The van der Waals surface area contributed by atoms with Crippen molar-refractivity contribution in [3.05, 3.63) is 102 Å². The van der Waals surface area contributed by atoms with E-state index in [0.717, 1.165) is 53.5 Å². The molecular weight excluding hydrogens is 472 g/mol. The summed E-state index contributed by atoms with van der Waals surface area (Å²) in [5, 5.41) is 7.20. The first kappa shape index (κ1) is 25.9. The van der Waals surface area contributed by atoms with Crippen LogP contribution in [0, 0.1) is 0 Å². The predicted molar refractivity (Wildman–Crippen MR) is 153 cm³/mol. The van der Waals surface area contributed by atoms with Crippen molar-refractivity contribution in [2.45, 2.75) is 64.1 Å². The molecule has 0 N–H and O–H groups in total. The average molecular weight is 511 g/mol. The van der Waals surface area contributed by atoms with Crippen molar-refractivity contribution in [3.63, 3.8) is 0 Å². The van der Waals surface area contributed by atoms with Gasteiger partial charge in [-0.1, -0.05) is 69.9 Å². The van der Waals surface area contributed by atoms with Gasteiger partial charge in [-0.2, -0.15) is 5.10 Å². The largest absolute Gasteiger partial charge is 0.494 e. The van der Waals surface area contributed by atoms with E-state index in [1.165, 1.54) is 37.7 Å². The van der Waals surface area contributed by atoms with Gasteiger partial charge in [0.2, 0.25) is 6.23 Å². The molecule has 0 spiro atoms. The van der Waals surface area contributed by atoms with Crippen molar-refractivity contribution < 1.29 is 14.2 Å². The molecule has 0 saturated heterocycles. The Morgan fingerprint density at radius 3 is 2.39 bits per heavy atom. The van der Waals surface area contributed by atoms with Crippen LogP contribution in [-0.4, -0.2) is 23.9 Å². The third kappa shape index (κ3) is 6.04. The molecule has 0 aromatic heterocycles. The molecule has 38 heavy (non-hydrogen) atoms. The lowest BCUT2D eigenvalue weighted by atomic mass is 9.96. The Morgan fingerprint density at radius 1 is 0.895 bits per heavy atom. The number of hydrogen-bond acceptors (Lipinski definition) is 5. The number of ether oxygens (including phenoxy) is 3. The molecule has 0 radical (unpaired) electrons. The molecule has 3 aromatic carbocycles. The number of benzene rings is 3. The Labute approximate surface area is 226 Å². The van der Waals surface area contributed by atoms with Gasteiger partial charge >= 0.3 is 0 Å². The van der Waals surface area contributed by atoms with Gasteiger partial charge in [0.15, 0.2) is 0 Å². The zero-order valence-electron chi connectivity index (χ0n) is 22.4. The Kier molecular flexibility index (Phi) is 8.64. The summed E-state index contributed by atoms with van der Waals surface area (Å²) >= 11 is 0. The van der Waals surface area contributed by atoms with Crippen LogP contribution in [-0.2, 0) is 0 Å². The first-order valence-electron chi connectivity index (χ1n) is 13.9. The van der Waals surface area contributed by atoms with Crippen LogP contribution in [0.3, 0.4) is 0 Å². The standard InChI is InChI=1S/C33H38N2O3/c1-3-5-6-7-8-11-23-37-28-20-16-26(17-21-28)33-35-31(29-12-9-10-13-32(29)38-33)24-30(34-35)25-14-18-27(19-15-25)36-22-4-2/h4,9-10,12-21,31,33H,2-3,5-8,11,22-24H2,1H3/t31-,33-/m1/s1. The SMILES string of the molecule is C=CCOc1ccc(C2=NN3[C@H](C2)c2ccccc2O[C@@H]3c2ccc(OCCCCCCCC)cc2)cc1. The first-order chi connectivity index (χ1) is 18.8. The Morgan fingerprint density at radius 2 is 1.61 bits per heavy atom. The van der Waals surface area contributed by atoms with Gasteiger partial charge in [0.25, 0.3) is 0 Å². The molecule has 5 nitrogen and oxygen atoms in total. The predicted octanol–water partition coefficient (Wildman–Crippen LogP) is 8.23. The quantitative estimate of drug-likeness (QED) is 0.172. The van der Waals surface area contributed by atoms with Gasteiger partial charge in [-0.3, -0.25) is 0 Å². The van der Waals surface area contributed by atoms with Crippen LogP contribution in [0.15, 0.2) is 90.6 Å². The van der Waals surface area contributed by atoms with Crippen LogP contribution in [0.1, 0.15) is 80.8 Å². The van der Waals surface area contributed by atoms with Gasteiger partial charge < -0.3 is 14.2 Å². The highest BCUT2D eigenvalue weighted by Gasteiger charge is 2.40. The average Bonchev–Trinajstić information content (AvgIpc) is 3.42. The number of nitrogens with zero attached hydrogens (tertiary/aromatic N) is 2. The van der Waals surface area contributed by atoms with Crippen LogP contribution < -0.4 is 14.2 Å². The van der Waals surface area contributed by atoms with Crippen molar-refractivity contribution in [3.8, 4) is 17.2 Å². The lowest BCUT2D eigenvalue weighted by Gasteiger charge is -2.38. The number of para-hydroxylation sites is 1. The highest BCUT2D eigenvalue weighted by Crippen LogP contribution is 2.47. The molecule has 2 aliphatic heterocycles. The summed E-state index contributed by atoms with van der Waals surface area (Å²) in [6, 6.07) is 24.9. The molecule has 0 saturated carbocycles. The van der Waals surface area contributed by atoms with E-state index < -0.39 is 0 Å². The zero-order valence-corrected chi connectivity index (χ0v) is 22.4. The van der Waals surface area contributed by atoms with Crippen molar-refractivity contribution >= 4 is 5.71 Å². The smallest absolute Gasteiger partial charge is 0.213 e. The fourth-order valence-corrected chi connectivity index (χ4v) is 5.13. The van der Waals surface area contributed by atoms with E-state index in [0.29, 0.717) is 6.61 Å². The lowest BCUT2D eigenvalue weighted by molar-refractivity contribution is -0.0190. The number of hydrazone groups is 1. The summed E-state index contributed by atoms with van der Waals surface area (Å²) in [7, 11) is 0. The minimum Gasteiger partial charge on any atom is -0.494 e. The fraction of sp³-hybridized carbons (Fsp3) is 0.364. The Bertz CT molecular complexity index is 1220. The van der Waals surface area contributed by atoms with Gasteiger partial charge in [-0.25, -0.2) is 5.01 Å². The molecule has 198 valence electrons. The third-order valence-electron chi connectivity index (χ3n) is 7.19. The van der Waals surface area contributed by atoms with E-state index in [4.69, 9.17) is 19.3 Å². The normalized spacial score (nSPS) is 17.7. The molecular formula is C33H38N2O3. The minimum atomic E-state index is -0.296. The van der Waals surface area contributed by atoms with Gasteiger partial charge in [0, 0.05) is 17.5 Å². The summed E-state index contributed by atoms with van der Waals surface area (Å²) in [4.78, 5) is 0. The Balaban J connectivity index is 1.29. The highest BCUT2D eigenvalue weighted by molar-refractivity contribution is 6.02. The molecule has 0 amide bonds. The maximum atomic E-state index is 6.51. The zero-order chi connectivity index (χ0) is 26.2. The van der Waals surface area contributed by atoms with Crippen LogP contribution in [0.4, 0.5) is 0 Å². The molecule has 0 bridgehead atoms. The second-order valence-electron chi connectivity index (χ2n) is 9.96. The maximum Gasteiger partial charge on any atom is 0.213 e. The molecule has 2 aliphatic rings. The van der Waals surface area contributed by atoms with Gasteiger partial charge in [0.05, 0.1) is 18.4 Å². The van der Waals surface area contributed by atoms with Crippen LogP contribution in [0.2, 0.25) is 0 Å². The lowest BCUT2D eigenvalue weighted by Crippen LogP contribution is -2.33. The second kappa shape index (κ2) is 12.7. The summed E-state index contributed by atoms with van der Waals surface area (Å²) in [5.74, 6) is 2.65. The maximum absolute atomic E-state index is 6.51. The van der Waals surface area contributed by atoms with Crippen LogP contribution in [0.5, 0.6) is 17.2 Å². The van der Waals surface area contributed by atoms with Crippen molar-refractivity contribution in [1.29, 1.82) is 0 Å². The summed E-state index contributed by atoms with van der Waals surface area (Å²) in [5.41, 5.74) is 4.39. The molecule has 0 aliphatic carbocycles. The van der Waals surface area contributed by atoms with Crippen LogP contribution >= 0.6 is 0 Å². The topological polar surface area (TPSA) is 43.3 Å². The van der Waals surface area contributed by atoms with E-state index >= 15 is 0 Å². The molecule has 2 heterocycles. The Hall–Kier alpha value is -3.73. The van der Waals surface area contributed by atoms with Gasteiger partial charge in [-0.15, -0.1) is 0 Å². The first-order valence-corrected chi connectivity index (χ1v) is 13.9. The molecule has 2 atom stereocenters. The monoisotopic (exact) mass is 510 g/mol. The molecule has 0 unspecified atom stereocenters. The van der Waals surface area contributed by atoms with Crippen LogP contribution in [0.25, 0.3) is 0 Å². The number of hydrogen-bond donors (Lipinski definition) is 0. The number of rotatable bonds is 13. The van der Waals surface area contributed by atoms with Crippen molar-refractivity contribution in [2.75, 3.05) is 13.2 Å². The molecule has 5 rings (SSSR count). The van der Waals surface area contributed by atoms with E-state index in [1.807, 2.05) is 30.3 Å². The summed E-state index contributed by atoms with van der Waals surface area (Å²) < 4.78 is 18.2. The molecule has 5 heteroatoms. The van der Waals surface area contributed by atoms with Gasteiger partial charge in [-0.05, 0) is 66.6 Å². The minimum absolute atomic E-state index is 0.125. The summed E-state index contributed by atoms with van der Waals surface area (Å²) in [6.45, 7) is 7.22. The molecule has 3 aromatic rings. The fourth-order valence-electron chi connectivity index (χ4n) is 5.13. The van der Waals surface area contributed by atoms with E-state index in [1.54, 1.807) is 6.08 Å². The highest BCUT2D eigenvalue weighted by atomic mass is 16.5. The second-order valence-corrected chi connectivity index (χ2v) is 9.96. The van der Waals surface area contributed by atoms with E-state index in [2.05, 4.69) is 61.0 Å². The van der Waals surface area contributed by atoms with E-state index in [-0.39, 0.29) is 12.3 Å². The van der Waals surface area contributed by atoms with Crippen molar-refractivity contribution in [1.82, 2.24) is 5.01 Å². The van der Waals surface area contributed by atoms with Gasteiger partial charge in [0.1, 0.15) is 23.9 Å². The van der Waals surface area contributed by atoms with Crippen molar-refractivity contribution in [2.24, 2.45) is 5.10 Å². The summed E-state index contributed by atoms with van der Waals surface area (Å²) in [6.07, 6.45) is 9.84. The third-order valence-corrected chi connectivity index (χ3v) is 7.19. The number of fused-ring (bicyclic) bond motifs is 3. The molecule has 0 fully saturated rings. The van der Waals surface area contributed by atoms with E-state index in [9.17, 15) is 0 Å².